The van der Waals surface area contributed by atoms with Crippen molar-refractivity contribution in [3.05, 3.63) is 63.1 Å². The summed E-state index contributed by atoms with van der Waals surface area (Å²) in [5.41, 5.74) is 0.888. The zero-order valence-corrected chi connectivity index (χ0v) is 11.9. The van der Waals surface area contributed by atoms with Crippen molar-refractivity contribution >= 4 is 5.91 Å². The van der Waals surface area contributed by atoms with Gasteiger partial charge in [0.15, 0.2) is 0 Å². The van der Waals surface area contributed by atoms with Gasteiger partial charge in [-0.2, -0.15) is 0 Å². The summed E-state index contributed by atoms with van der Waals surface area (Å²) in [5.74, 6) is -0.278. The van der Waals surface area contributed by atoms with Crippen LogP contribution in [-0.4, -0.2) is 22.4 Å². The number of carbonyl (C=O) groups excluding carboxylic acids is 1. The Hall–Kier alpha value is -2.50. The molecule has 0 bridgehead atoms. The van der Waals surface area contributed by atoms with Gasteiger partial charge < -0.3 is 10.3 Å². The largest absolute Gasteiger partial charge is 0.351 e. The molecule has 1 aromatic carbocycles. The lowest BCUT2D eigenvalue weighted by molar-refractivity contribution is 0.0951. The van der Waals surface area contributed by atoms with Gasteiger partial charge >= 0.3 is 0 Å². The van der Waals surface area contributed by atoms with Gasteiger partial charge in [0.25, 0.3) is 11.5 Å². The number of rotatable bonds is 4. The fourth-order valence-corrected chi connectivity index (χ4v) is 2.05. The maximum atomic E-state index is 12.8. The molecule has 5 nitrogen and oxygen atoms in total. The molecule has 2 rings (SSSR count). The van der Waals surface area contributed by atoms with Gasteiger partial charge in [-0.15, -0.1) is 0 Å². The first kappa shape index (κ1) is 14.9. The summed E-state index contributed by atoms with van der Waals surface area (Å²) >= 11 is 0. The number of aromatic nitrogens is 2. The minimum Gasteiger partial charge on any atom is -0.351 e. The molecule has 0 aliphatic rings. The molecule has 21 heavy (non-hydrogen) atoms. The summed E-state index contributed by atoms with van der Waals surface area (Å²) in [6.07, 6.45) is 0.558. The molecule has 1 amide bonds. The van der Waals surface area contributed by atoms with Crippen molar-refractivity contribution in [2.75, 3.05) is 6.54 Å². The van der Waals surface area contributed by atoms with E-state index in [9.17, 15) is 14.0 Å². The predicted molar refractivity (Wildman–Crippen MR) is 76.8 cm³/mol. The third-order valence-electron chi connectivity index (χ3n) is 3.06. The van der Waals surface area contributed by atoms with Crippen LogP contribution in [0.5, 0.6) is 0 Å². The lowest BCUT2D eigenvalue weighted by atomic mass is 10.1. The van der Waals surface area contributed by atoms with Crippen LogP contribution >= 0.6 is 0 Å². The van der Waals surface area contributed by atoms with Crippen molar-refractivity contribution < 1.29 is 9.18 Å². The van der Waals surface area contributed by atoms with Gasteiger partial charge in [-0.3, -0.25) is 9.59 Å². The van der Waals surface area contributed by atoms with Crippen molar-refractivity contribution in [3.63, 3.8) is 0 Å². The highest BCUT2D eigenvalue weighted by Crippen LogP contribution is 2.03. The van der Waals surface area contributed by atoms with Crippen LogP contribution in [0.2, 0.25) is 0 Å². The molecule has 0 atom stereocenters. The molecule has 0 unspecified atom stereocenters. The number of benzene rings is 1. The maximum Gasteiger partial charge on any atom is 0.264 e. The van der Waals surface area contributed by atoms with E-state index in [1.165, 1.54) is 12.1 Å². The second-order valence-electron chi connectivity index (χ2n) is 4.74. The molecular formula is C15H16FN3O2. The normalized spacial score (nSPS) is 10.4. The summed E-state index contributed by atoms with van der Waals surface area (Å²) in [6, 6.07) is 6.06. The van der Waals surface area contributed by atoms with Gasteiger partial charge in [-0.05, 0) is 38.0 Å². The molecule has 0 fully saturated rings. The van der Waals surface area contributed by atoms with E-state index in [0.29, 0.717) is 24.5 Å². The van der Waals surface area contributed by atoms with E-state index in [4.69, 9.17) is 0 Å². The van der Waals surface area contributed by atoms with Gasteiger partial charge in [0.2, 0.25) is 0 Å². The van der Waals surface area contributed by atoms with E-state index < -0.39 is 11.5 Å². The van der Waals surface area contributed by atoms with E-state index in [2.05, 4.69) is 15.3 Å². The Morgan fingerprint density at radius 1 is 1.29 bits per heavy atom. The van der Waals surface area contributed by atoms with E-state index in [-0.39, 0.29) is 11.4 Å². The van der Waals surface area contributed by atoms with E-state index >= 15 is 0 Å². The molecule has 0 saturated carbocycles. The number of amides is 1. The third kappa shape index (κ3) is 3.75. The van der Waals surface area contributed by atoms with Gasteiger partial charge in [-0.25, -0.2) is 9.37 Å². The average Bonchev–Trinajstić information content (AvgIpc) is 2.40. The van der Waals surface area contributed by atoms with Crippen molar-refractivity contribution in [3.8, 4) is 0 Å². The fourth-order valence-electron chi connectivity index (χ4n) is 2.05. The lowest BCUT2D eigenvalue weighted by Crippen LogP contribution is -2.33. The fraction of sp³-hybridized carbons (Fsp3) is 0.267. The van der Waals surface area contributed by atoms with Crippen LogP contribution in [0.25, 0.3) is 0 Å². The summed E-state index contributed by atoms with van der Waals surface area (Å²) in [4.78, 5) is 30.4. The highest BCUT2D eigenvalue weighted by molar-refractivity contribution is 5.94. The van der Waals surface area contributed by atoms with Crippen molar-refractivity contribution in [1.29, 1.82) is 0 Å². The van der Waals surface area contributed by atoms with Crippen LogP contribution in [-0.2, 0) is 6.42 Å². The number of halogens is 1. The maximum absolute atomic E-state index is 12.8. The van der Waals surface area contributed by atoms with E-state index in [1.807, 2.05) is 0 Å². The number of hydrogen-bond donors (Lipinski definition) is 2. The molecule has 0 saturated heterocycles. The number of aromatic amines is 1. The standard InChI is InChI=1S/C15H16FN3O2/c1-9-13(15(21)19-10(2)18-9)14(20)17-8-7-11-3-5-12(16)6-4-11/h3-6H,7-8H2,1-2H3,(H,17,20)(H,18,19,21). The molecule has 6 heteroatoms. The van der Waals surface area contributed by atoms with Crippen LogP contribution in [0.4, 0.5) is 4.39 Å². The molecule has 0 aliphatic carbocycles. The molecule has 1 aromatic heterocycles. The second-order valence-corrected chi connectivity index (χ2v) is 4.74. The van der Waals surface area contributed by atoms with Gasteiger partial charge in [-0.1, -0.05) is 12.1 Å². The zero-order valence-electron chi connectivity index (χ0n) is 11.9. The Labute approximate surface area is 121 Å². The number of carbonyl (C=O) groups is 1. The van der Waals surface area contributed by atoms with E-state index in [0.717, 1.165) is 5.56 Å². The average molecular weight is 289 g/mol. The van der Waals surface area contributed by atoms with Crippen LogP contribution in [0.15, 0.2) is 29.1 Å². The Bertz CT molecular complexity index is 708. The number of nitrogens with zero attached hydrogens (tertiary/aromatic N) is 1. The van der Waals surface area contributed by atoms with Gasteiger partial charge in [0.1, 0.15) is 17.2 Å². The first-order chi connectivity index (χ1) is 9.97. The highest BCUT2D eigenvalue weighted by Gasteiger charge is 2.14. The van der Waals surface area contributed by atoms with Crippen LogP contribution < -0.4 is 10.9 Å². The topological polar surface area (TPSA) is 74.8 Å². The number of H-pyrrole nitrogens is 1. The minimum absolute atomic E-state index is 0.0275. The molecule has 0 radical (unpaired) electrons. The number of nitrogens with one attached hydrogen (secondary N) is 2. The van der Waals surface area contributed by atoms with Crippen molar-refractivity contribution in [2.24, 2.45) is 0 Å². The monoisotopic (exact) mass is 289 g/mol. The first-order valence-corrected chi connectivity index (χ1v) is 6.57. The molecule has 0 spiro atoms. The molecule has 110 valence electrons. The quantitative estimate of drug-likeness (QED) is 0.895. The third-order valence-corrected chi connectivity index (χ3v) is 3.06. The molecule has 2 N–H and O–H groups in total. The summed E-state index contributed by atoms with van der Waals surface area (Å²) in [6.45, 7) is 3.64. The summed E-state index contributed by atoms with van der Waals surface area (Å²) in [7, 11) is 0. The Morgan fingerprint density at radius 2 is 1.95 bits per heavy atom. The Balaban J connectivity index is 1.99. The molecule has 2 aromatic rings. The SMILES string of the molecule is Cc1nc(C)c(C(=O)NCCc2ccc(F)cc2)c(=O)[nH]1. The smallest absolute Gasteiger partial charge is 0.264 e. The number of hydrogen-bond acceptors (Lipinski definition) is 3. The van der Waals surface area contributed by atoms with E-state index in [1.54, 1.807) is 26.0 Å². The molecular weight excluding hydrogens is 273 g/mol. The predicted octanol–water partition coefficient (Wildman–Crippen LogP) is 1.50. The first-order valence-electron chi connectivity index (χ1n) is 6.57. The molecule has 1 heterocycles. The second kappa shape index (κ2) is 6.30. The van der Waals surface area contributed by atoms with Crippen molar-refractivity contribution in [2.45, 2.75) is 20.3 Å². The minimum atomic E-state index is -0.455. The Kier molecular flexibility index (Phi) is 4.47. The summed E-state index contributed by atoms with van der Waals surface area (Å²) in [5, 5.41) is 2.67. The zero-order chi connectivity index (χ0) is 15.4. The summed E-state index contributed by atoms with van der Waals surface area (Å²) < 4.78 is 12.8. The van der Waals surface area contributed by atoms with Crippen LogP contribution in [0.1, 0.15) is 27.4 Å². The van der Waals surface area contributed by atoms with Crippen LogP contribution in [0, 0.1) is 19.7 Å². The van der Waals surface area contributed by atoms with Gasteiger partial charge in [0.05, 0.1) is 5.69 Å². The van der Waals surface area contributed by atoms with Crippen LogP contribution in [0.3, 0.4) is 0 Å². The van der Waals surface area contributed by atoms with Crippen molar-refractivity contribution in [1.82, 2.24) is 15.3 Å². The van der Waals surface area contributed by atoms with Gasteiger partial charge in [0, 0.05) is 6.54 Å². The lowest BCUT2D eigenvalue weighted by Gasteiger charge is -2.07. The Morgan fingerprint density at radius 3 is 2.57 bits per heavy atom. The number of aryl methyl sites for hydroxylation is 2. The highest BCUT2D eigenvalue weighted by atomic mass is 19.1. The molecule has 0 aliphatic heterocycles.